The number of hydrogen-bond acceptors (Lipinski definition) is 1. The second-order valence-electron chi connectivity index (χ2n) is 5.80. The summed E-state index contributed by atoms with van der Waals surface area (Å²) in [6.45, 7) is 3.03. The Labute approximate surface area is 126 Å². The summed E-state index contributed by atoms with van der Waals surface area (Å²) >= 11 is 0. The zero-order chi connectivity index (χ0) is 14.7. The van der Waals surface area contributed by atoms with Crippen LogP contribution in [-0.4, -0.2) is 12.6 Å². The molecule has 110 valence electrons. The van der Waals surface area contributed by atoms with Crippen molar-refractivity contribution < 1.29 is 4.39 Å². The molecule has 0 aliphatic heterocycles. The minimum atomic E-state index is -0.0910. The van der Waals surface area contributed by atoms with Gasteiger partial charge in [0.1, 0.15) is 5.82 Å². The third-order valence-corrected chi connectivity index (χ3v) is 4.53. The van der Waals surface area contributed by atoms with Crippen molar-refractivity contribution in [1.29, 1.82) is 0 Å². The molecule has 21 heavy (non-hydrogen) atoms. The van der Waals surface area contributed by atoms with Crippen molar-refractivity contribution in [3.05, 3.63) is 71.0 Å². The van der Waals surface area contributed by atoms with Crippen LogP contribution in [-0.2, 0) is 12.8 Å². The first-order valence-corrected chi connectivity index (χ1v) is 7.84. The third-order valence-electron chi connectivity index (χ3n) is 4.53. The van der Waals surface area contributed by atoms with Crippen molar-refractivity contribution in [3.8, 4) is 0 Å². The second-order valence-corrected chi connectivity index (χ2v) is 5.80. The highest BCUT2D eigenvalue weighted by atomic mass is 19.1. The Kier molecular flexibility index (Phi) is 4.35. The van der Waals surface area contributed by atoms with Crippen molar-refractivity contribution in [2.24, 2.45) is 0 Å². The molecule has 1 N–H and O–H groups in total. The third kappa shape index (κ3) is 3.01. The number of hydrogen-bond donors (Lipinski definition) is 1. The molecule has 0 fully saturated rings. The van der Waals surface area contributed by atoms with Crippen LogP contribution in [0.4, 0.5) is 4.39 Å². The highest BCUT2D eigenvalue weighted by Gasteiger charge is 2.29. The van der Waals surface area contributed by atoms with Gasteiger partial charge in [0.25, 0.3) is 0 Å². The number of rotatable bonds is 5. The molecule has 2 heteroatoms. The molecule has 0 radical (unpaired) electrons. The van der Waals surface area contributed by atoms with Gasteiger partial charge < -0.3 is 5.32 Å². The van der Waals surface area contributed by atoms with Crippen LogP contribution in [0.25, 0.3) is 0 Å². The van der Waals surface area contributed by atoms with Crippen LogP contribution >= 0.6 is 0 Å². The summed E-state index contributed by atoms with van der Waals surface area (Å²) in [5.41, 5.74) is 3.71. The summed E-state index contributed by atoms with van der Waals surface area (Å²) in [5.74, 6) is 0.396. The molecular formula is C19H22FN. The lowest BCUT2D eigenvalue weighted by atomic mass is 9.88. The van der Waals surface area contributed by atoms with E-state index in [1.807, 2.05) is 12.1 Å². The number of benzene rings is 2. The normalized spacial score (nSPS) is 18.5. The number of fused-ring (bicyclic) bond motifs is 1. The van der Waals surface area contributed by atoms with Gasteiger partial charge in [-0.05, 0) is 48.6 Å². The Morgan fingerprint density at radius 2 is 1.90 bits per heavy atom. The molecule has 0 heterocycles. The van der Waals surface area contributed by atoms with Gasteiger partial charge in [-0.2, -0.15) is 0 Å². The Morgan fingerprint density at radius 3 is 2.71 bits per heavy atom. The fourth-order valence-corrected chi connectivity index (χ4v) is 3.53. The standard InChI is InChI=1S/C19H22FN/c1-2-21-19(13-15-8-4-6-10-18(15)20)17-12-11-14-7-3-5-9-16(14)17/h3-10,17,19,21H,2,11-13H2,1H3. The number of nitrogens with one attached hydrogen (secondary N) is 1. The molecule has 2 aromatic carbocycles. The van der Waals surface area contributed by atoms with E-state index in [0.29, 0.717) is 12.0 Å². The quantitative estimate of drug-likeness (QED) is 0.872. The first kappa shape index (κ1) is 14.3. The Hall–Kier alpha value is -1.67. The molecule has 0 saturated heterocycles. The molecule has 0 aromatic heterocycles. The molecule has 2 unspecified atom stereocenters. The van der Waals surface area contributed by atoms with Crippen LogP contribution in [0.3, 0.4) is 0 Å². The lowest BCUT2D eigenvalue weighted by molar-refractivity contribution is 0.428. The molecule has 0 bridgehead atoms. The van der Waals surface area contributed by atoms with Crippen molar-refractivity contribution in [2.75, 3.05) is 6.54 Å². The molecule has 0 amide bonds. The summed E-state index contributed by atoms with van der Waals surface area (Å²) in [6, 6.07) is 16.1. The maximum atomic E-state index is 13.9. The van der Waals surface area contributed by atoms with Crippen molar-refractivity contribution in [1.82, 2.24) is 5.32 Å². The number of halogens is 1. The van der Waals surface area contributed by atoms with Gasteiger partial charge in [-0.1, -0.05) is 49.4 Å². The van der Waals surface area contributed by atoms with Crippen molar-refractivity contribution in [2.45, 2.75) is 38.1 Å². The minimum Gasteiger partial charge on any atom is -0.313 e. The van der Waals surface area contributed by atoms with Gasteiger partial charge in [0.05, 0.1) is 0 Å². The molecule has 0 saturated carbocycles. The summed E-state index contributed by atoms with van der Waals surface area (Å²) in [5, 5.41) is 3.57. The second kappa shape index (κ2) is 6.40. The van der Waals surface area contributed by atoms with Gasteiger partial charge in [0.15, 0.2) is 0 Å². The van der Waals surface area contributed by atoms with E-state index < -0.39 is 0 Å². The molecule has 0 spiro atoms. The minimum absolute atomic E-state index is 0.0910. The lowest BCUT2D eigenvalue weighted by Crippen LogP contribution is -2.36. The van der Waals surface area contributed by atoms with Crippen molar-refractivity contribution in [3.63, 3.8) is 0 Å². The SMILES string of the molecule is CCNC(Cc1ccccc1F)C1CCc2ccccc21. The molecular weight excluding hydrogens is 261 g/mol. The van der Waals surface area contributed by atoms with Crippen LogP contribution in [0, 0.1) is 5.82 Å². The topological polar surface area (TPSA) is 12.0 Å². The van der Waals surface area contributed by atoms with Crippen LogP contribution in [0.15, 0.2) is 48.5 Å². The van der Waals surface area contributed by atoms with E-state index in [-0.39, 0.29) is 5.82 Å². The molecule has 2 aromatic rings. The highest BCUT2D eigenvalue weighted by molar-refractivity contribution is 5.36. The smallest absolute Gasteiger partial charge is 0.126 e. The molecule has 3 rings (SSSR count). The summed E-state index contributed by atoms with van der Waals surface area (Å²) < 4.78 is 13.9. The Morgan fingerprint density at radius 1 is 1.14 bits per heavy atom. The first-order valence-electron chi connectivity index (χ1n) is 7.84. The van der Waals surface area contributed by atoms with Crippen LogP contribution in [0.5, 0.6) is 0 Å². The largest absolute Gasteiger partial charge is 0.313 e. The zero-order valence-corrected chi connectivity index (χ0v) is 12.5. The van der Waals surface area contributed by atoms with Crippen molar-refractivity contribution >= 4 is 0 Å². The molecule has 1 nitrogen and oxygen atoms in total. The monoisotopic (exact) mass is 283 g/mol. The maximum absolute atomic E-state index is 13.9. The fourth-order valence-electron chi connectivity index (χ4n) is 3.53. The number of aryl methyl sites for hydroxylation is 1. The average molecular weight is 283 g/mol. The van der Waals surface area contributed by atoms with Gasteiger partial charge >= 0.3 is 0 Å². The summed E-state index contributed by atoms with van der Waals surface area (Å²) in [7, 11) is 0. The van der Waals surface area contributed by atoms with Gasteiger partial charge in [-0.3, -0.25) is 0 Å². The van der Waals surface area contributed by atoms with E-state index in [4.69, 9.17) is 0 Å². The Bertz CT molecular complexity index is 608. The highest BCUT2D eigenvalue weighted by Crippen LogP contribution is 2.36. The average Bonchev–Trinajstić information content (AvgIpc) is 2.93. The lowest BCUT2D eigenvalue weighted by Gasteiger charge is -2.25. The van der Waals surface area contributed by atoms with E-state index >= 15 is 0 Å². The van der Waals surface area contributed by atoms with Crippen LogP contribution < -0.4 is 5.32 Å². The first-order chi connectivity index (χ1) is 10.3. The van der Waals surface area contributed by atoms with Crippen LogP contribution in [0.2, 0.25) is 0 Å². The zero-order valence-electron chi connectivity index (χ0n) is 12.5. The van der Waals surface area contributed by atoms with Gasteiger partial charge in [-0.25, -0.2) is 4.39 Å². The number of likely N-dealkylation sites (N-methyl/N-ethyl adjacent to an activating group) is 1. The van der Waals surface area contributed by atoms with E-state index in [1.165, 1.54) is 11.1 Å². The van der Waals surface area contributed by atoms with Gasteiger partial charge in [0.2, 0.25) is 0 Å². The molecule has 1 aliphatic rings. The Balaban J connectivity index is 1.84. The summed E-state index contributed by atoms with van der Waals surface area (Å²) in [4.78, 5) is 0. The van der Waals surface area contributed by atoms with E-state index in [9.17, 15) is 4.39 Å². The van der Waals surface area contributed by atoms with Crippen LogP contribution in [0.1, 0.15) is 36.0 Å². The van der Waals surface area contributed by atoms with Gasteiger partial charge in [-0.15, -0.1) is 0 Å². The molecule has 2 atom stereocenters. The van der Waals surface area contributed by atoms with Gasteiger partial charge in [0, 0.05) is 12.0 Å². The molecule has 1 aliphatic carbocycles. The maximum Gasteiger partial charge on any atom is 0.126 e. The summed E-state index contributed by atoms with van der Waals surface area (Å²) in [6.07, 6.45) is 3.05. The van der Waals surface area contributed by atoms with E-state index in [2.05, 4.69) is 36.5 Å². The van der Waals surface area contributed by atoms with E-state index in [0.717, 1.165) is 31.4 Å². The predicted molar refractivity (Wildman–Crippen MR) is 85.1 cm³/mol. The van der Waals surface area contributed by atoms with E-state index in [1.54, 1.807) is 12.1 Å². The predicted octanol–water partition coefficient (Wildman–Crippen LogP) is 4.08. The fraction of sp³-hybridized carbons (Fsp3) is 0.368.